The number of hydrogen-bond acceptors (Lipinski definition) is 4. The number of methoxy groups -OCH3 is 2. The van der Waals surface area contributed by atoms with Crippen molar-refractivity contribution in [3.8, 4) is 11.1 Å². The topological polar surface area (TPSA) is 64.6 Å². The van der Waals surface area contributed by atoms with Gasteiger partial charge < -0.3 is 14.8 Å². The number of nitrogens with one attached hydrogen (secondary N) is 1. The summed E-state index contributed by atoms with van der Waals surface area (Å²) in [6.07, 6.45) is 4.99. The smallest absolute Gasteiger partial charge is 0.337 e. The number of ether oxygens (including phenoxy) is 2. The number of benzene rings is 2. The highest BCUT2D eigenvalue weighted by Gasteiger charge is 2.41. The summed E-state index contributed by atoms with van der Waals surface area (Å²) in [7, 11) is 3.12. The number of hydrogen-bond donors (Lipinski definition) is 1. The van der Waals surface area contributed by atoms with E-state index in [0.29, 0.717) is 28.1 Å². The third-order valence-corrected chi connectivity index (χ3v) is 7.76. The van der Waals surface area contributed by atoms with Gasteiger partial charge in [-0.15, -0.1) is 0 Å². The largest absolute Gasteiger partial charge is 0.465 e. The van der Waals surface area contributed by atoms with Crippen LogP contribution in [0.5, 0.6) is 0 Å². The molecule has 33 heavy (non-hydrogen) atoms. The SMILES string of the molecule is COC(=O)c1ccc(-c2cc(Cl)c([C@H](C3CCC(OC)CC3)C3CCNC3=O)c(Cl)c2)cc1. The molecule has 2 fully saturated rings. The predicted octanol–water partition coefficient (Wildman–Crippen LogP) is 5.87. The quantitative estimate of drug-likeness (QED) is 0.515. The van der Waals surface area contributed by atoms with Crippen LogP contribution in [0.3, 0.4) is 0 Å². The van der Waals surface area contributed by atoms with E-state index < -0.39 is 0 Å². The molecule has 0 radical (unpaired) electrons. The zero-order valence-electron chi connectivity index (χ0n) is 18.9. The monoisotopic (exact) mass is 489 g/mol. The summed E-state index contributed by atoms with van der Waals surface area (Å²) < 4.78 is 10.3. The van der Waals surface area contributed by atoms with E-state index >= 15 is 0 Å². The maximum Gasteiger partial charge on any atom is 0.337 e. The van der Waals surface area contributed by atoms with Crippen molar-refractivity contribution >= 4 is 35.1 Å². The first kappa shape index (κ1) is 24.1. The lowest BCUT2D eigenvalue weighted by molar-refractivity contribution is -0.123. The molecule has 1 aliphatic heterocycles. The average Bonchev–Trinajstić information content (AvgIpc) is 3.26. The van der Waals surface area contributed by atoms with E-state index in [2.05, 4.69) is 5.32 Å². The standard InChI is InChI=1S/C26H29Cl2NO4/c1-32-19-9-7-16(8-10-19)23(20-11-12-29-25(20)30)24-21(27)13-18(14-22(24)28)15-3-5-17(6-4-15)26(31)33-2/h3-6,13-14,16,19-20,23H,7-12H2,1-2H3,(H,29,30)/t16?,19?,20?,23-/m1/s1. The minimum atomic E-state index is -0.381. The Labute approximate surface area is 204 Å². The fourth-order valence-electron chi connectivity index (χ4n) is 5.39. The van der Waals surface area contributed by atoms with Crippen molar-refractivity contribution in [3.05, 3.63) is 57.6 Å². The molecule has 0 aromatic heterocycles. The first-order chi connectivity index (χ1) is 15.9. The van der Waals surface area contributed by atoms with Crippen LogP contribution in [0.1, 0.15) is 53.9 Å². The fraction of sp³-hybridized carbons (Fsp3) is 0.462. The van der Waals surface area contributed by atoms with E-state index in [1.807, 2.05) is 24.3 Å². The van der Waals surface area contributed by atoms with Crippen LogP contribution in [0.2, 0.25) is 10.0 Å². The molecular weight excluding hydrogens is 461 g/mol. The molecule has 1 saturated carbocycles. The van der Waals surface area contributed by atoms with Gasteiger partial charge in [0.2, 0.25) is 5.91 Å². The van der Waals surface area contributed by atoms with Crippen molar-refractivity contribution in [1.29, 1.82) is 0 Å². The van der Waals surface area contributed by atoms with Crippen LogP contribution in [-0.2, 0) is 14.3 Å². The Bertz CT molecular complexity index is 992. The summed E-state index contributed by atoms with van der Waals surface area (Å²) >= 11 is 13.7. The van der Waals surface area contributed by atoms with Crippen molar-refractivity contribution in [3.63, 3.8) is 0 Å². The molecule has 2 aromatic rings. The van der Waals surface area contributed by atoms with Gasteiger partial charge in [0.05, 0.1) is 18.8 Å². The summed E-state index contributed by atoms with van der Waals surface area (Å²) in [4.78, 5) is 24.4. The van der Waals surface area contributed by atoms with Crippen molar-refractivity contribution in [2.24, 2.45) is 11.8 Å². The number of halogens is 2. The summed E-state index contributed by atoms with van der Waals surface area (Å²) in [5.74, 6) is -0.127. The Morgan fingerprint density at radius 2 is 1.61 bits per heavy atom. The Morgan fingerprint density at radius 3 is 2.12 bits per heavy atom. The molecule has 2 aliphatic rings. The second-order valence-electron chi connectivity index (χ2n) is 8.91. The summed E-state index contributed by atoms with van der Waals surface area (Å²) in [6.45, 7) is 0.688. The number of amides is 1. The third kappa shape index (κ3) is 5.06. The highest BCUT2D eigenvalue weighted by Crippen LogP contribution is 2.48. The highest BCUT2D eigenvalue weighted by atomic mass is 35.5. The van der Waals surface area contributed by atoms with Gasteiger partial charge in [-0.1, -0.05) is 35.3 Å². The Kier molecular flexibility index (Phi) is 7.62. The predicted molar refractivity (Wildman–Crippen MR) is 130 cm³/mol. The maximum absolute atomic E-state index is 12.7. The van der Waals surface area contributed by atoms with Gasteiger partial charge in [-0.05, 0) is 79.0 Å². The fourth-order valence-corrected chi connectivity index (χ4v) is 6.13. The van der Waals surface area contributed by atoms with Crippen LogP contribution < -0.4 is 5.32 Å². The van der Waals surface area contributed by atoms with Crippen LogP contribution >= 0.6 is 23.2 Å². The van der Waals surface area contributed by atoms with E-state index in [1.54, 1.807) is 19.2 Å². The summed E-state index contributed by atoms with van der Waals surface area (Å²) in [5.41, 5.74) is 3.11. The van der Waals surface area contributed by atoms with Crippen molar-refractivity contribution in [1.82, 2.24) is 5.32 Å². The first-order valence-corrected chi connectivity index (χ1v) is 12.2. The number of carbonyl (C=O) groups is 2. The average molecular weight is 490 g/mol. The number of rotatable bonds is 6. The van der Waals surface area contributed by atoms with E-state index in [0.717, 1.165) is 48.8 Å². The highest BCUT2D eigenvalue weighted by molar-refractivity contribution is 6.36. The van der Waals surface area contributed by atoms with Crippen LogP contribution in [0.25, 0.3) is 11.1 Å². The molecule has 1 aliphatic carbocycles. The molecular formula is C26H29Cl2NO4. The van der Waals surface area contributed by atoms with E-state index in [9.17, 15) is 9.59 Å². The van der Waals surface area contributed by atoms with Gasteiger partial charge in [0.1, 0.15) is 0 Å². The van der Waals surface area contributed by atoms with Crippen molar-refractivity contribution in [2.75, 3.05) is 20.8 Å². The molecule has 2 atom stereocenters. The Balaban J connectivity index is 1.68. The number of esters is 1. The Hall–Kier alpha value is -2.08. The molecule has 1 unspecified atom stereocenters. The molecule has 4 rings (SSSR count). The van der Waals surface area contributed by atoms with E-state index in [4.69, 9.17) is 32.7 Å². The summed E-state index contributed by atoms with van der Waals surface area (Å²) in [6, 6.07) is 11.0. The lowest BCUT2D eigenvalue weighted by Gasteiger charge is -2.37. The molecule has 0 spiro atoms. The molecule has 1 N–H and O–H groups in total. The minimum absolute atomic E-state index is 0.0268. The minimum Gasteiger partial charge on any atom is -0.465 e. The van der Waals surface area contributed by atoms with E-state index in [-0.39, 0.29) is 29.8 Å². The van der Waals surface area contributed by atoms with Gasteiger partial charge in [-0.25, -0.2) is 4.79 Å². The van der Waals surface area contributed by atoms with Crippen molar-refractivity contribution in [2.45, 2.75) is 44.1 Å². The van der Waals surface area contributed by atoms with Gasteiger partial charge in [0.25, 0.3) is 0 Å². The molecule has 7 heteroatoms. The number of carbonyl (C=O) groups excluding carboxylic acids is 2. The van der Waals surface area contributed by atoms with Gasteiger partial charge in [-0.2, -0.15) is 0 Å². The maximum atomic E-state index is 12.7. The normalized spacial score (nSPS) is 23.8. The van der Waals surface area contributed by atoms with Gasteiger partial charge in [0.15, 0.2) is 0 Å². The molecule has 1 heterocycles. The van der Waals surface area contributed by atoms with Crippen LogP contribution in [0.15, 0.2) is 36.4 Å². The van der Waals surface area contributed by atoms with Gasteiger partial charge in [-0.3, -0.25) is 4.79 Å². The van der Waals surface area contributed by atoms with E-state index in [1.165, 1.54) is 7.11 Å². The lowest BCUT2D eigenvalue weighted by atomic mass is 9.69. The lowest BCUT2D eigenvalue weighted by Crippen LogP contribution is -2.32. The molecule has 1 saturated heterocycles. The first-order valence-electron chi connectivity index (χ1n) is 11.4. The molecule has 5 nitrogen and oxygen atoms in total. The Morgan fingerprint density at radius 1 is 0.970 bits per heavy atom. The third-order valence-electron chi connectivity index (χ3n) is 7.14. The molecule has 1 amide bonds. The summed E-state index contributed by atoms with van der Waals surface area (Å²) in [5, 5.41) is 4.14. The molecule has 0 bridgehead atoms. The molecule has 2 aromatic carbocycles. The second kappa shape index (κ2) is 10.5. The van der Waals surface area contributed by atoms with Gasteiger partial charge >= 0.3 is 5.97 Å². The zero-order chi connectivity index (χ0) is 23.5. The molecule has 176 valence electrons. The van der Waals surface area contributed by atoms with Crippen LogP contribution in [0.4, 0.5) is 0 Å². The second-order valence-corrected chi connectivity index (χ2v) is 9.72. The van der Waals surface area contributed by atoms with Gasteiger partial charge in [0, 0.05) is 35.5 Å². The van der Waals surface area contributed by atoms with Crippen LogP contribution in [-0.4, -0.2) is 38.7 Å². The zero-order valence-corrected chi connectivity index (χ0v) is 20.4. The van der Waals surface area contributed by atoms with Crippen LogP contribution in [0, 0.1) is 11.8 Å². The van der Waals surface area contributed by atoms with Crippen molar-refractivity contribution < 1.29 is 19.1 Å².